The number of esters is 2. The van der Waals surface area contributed by atoms with Crippen LogP contribution in [0.15, 0.2) is 12.2 Å². The van der Waals surface area contributed by atoms with Gasteiger partial charge < -0.3 is 9.47 Å². The Balaban J connectivity index is 3.98. The Morgan fingerprint density at radius 1 is 1.11 bits per heavy atom. The van der Waals surface area contributed by atoms with E-state index in [-0.39, 0.29) is 11.5 Å². The van der Waals surface area contributed by atoms with Gasteiger partial charge in [0.05, 0.1) is 6.61 Å². The van der Waals surface area contributed by atoms with Crippen LogP contribution >= 0.6 is 0 Å². The van der Waals surface area contributed by atoms with E-state index in [4.69, 9.17) is 9.47 Å². The van der Waals surface area contributed by atoms with Crippen LogP contribution in [0.25, 0.3) is 0 Å². The summed E-state index contributed by atoms with van der Waals surface area (Å²) >= 11 is 0. The molecule has 0 radical (unpaired) electrons. The van der Waals surface area contributed by atoms with Gasteiger partial charge in [0, 0.05) is 12.2 Å². The molecule has 110 valence electrons. The fourth-order valence-corrected chi connectivity index (χ4v) is 1.10. The van der Waals surface area contributed by atoms with E-state index in [9.17, 15) is 9.59 Å². The Morgan fingerprint density at radius 3 is 2.21 bits per heavy atom. The van der Waals surface area contributed by atoms with Gasteiger partial charge in [-0.25, -0.2) is 9.59 Å². The normalized spacial score (nSPS) is 13.3. The zero-order chi connectivity index (χ0) is 14.9. The molecule has 0 aliphatic carbocycles. The number of carbonyl (C=O) groups excluding carboxylic acids is 2. The van der Waals surface area contributed by atoms with E-state index in [2.05, 4.69) is 6.92 Å². The molecular weight excluding hydrogens is 244 g/mol. The summed E-state index contributed by atoms with van der Waals surface area (Å²) in [4.78, 5) is 22.7. The lowest BCUT2D eigenvalue weighted by Gasteiger charge is -2.26. The average molecular weight is 270 g/mol. The van der Waals surface area contributed by atoms with Gasteiger partial charge >= 0.3 is 11.9 Å². The SMILES string of the molecule is CCCCCOC(=O)/C=C/C(=O)OC(C)C(C)(C)C. The smallest absolute Gasteiger partial charge is 0.331 e. The van der Waals surface area contributed by atoms with E-state index in [0.717, 1.165) is 31.4 Å². The molecule has 0 bridgehead atoms. The Bertz CT molecular complexity index is 313. The summed E-state index contributed by atoms with van der Waals surface area (Å²) in [6, 6.07) is 0. The van der Waals surface area contributed by atoms with Crippen LogP contribution in [0.4, 0.5) is 0 Å². The first-order valence-corrected chi connectivity index (χ1v) is 6.82. The lowest BCUT2D eigenvalue weighted by Crippen LogP contribution is -2.28. The molecule has 0 saturated carbocycles. The average Bonchev–Trinajstić information content (AvgIpc) is 2.31. The summed E-state index contributed by atoms with van der Waals surface area (Å²) < 4.78 is 10.1. The number of rotatable bonds is 7. The van der Waals surface area contributed by atoms with Gasteiger partial charge in [-0.2, -0.15) is 0 Å². The third-order valence-electron chi connectivity index (χ3n) is 2.86. The van der Waals surface area contributed by atoms with Crippen molar-refractivity contribution in [3.8, 4) is 0 Å². The fraction of sp³-hybridized carbons (Fsp3) is 0.733. The number of unbranched alkanes of at least 4 members (excludes halogenated alkanes) is 2. The molecular formula is C15H26O4. The Kier molecular flexibility index (Phi) is 8.12. The summed E-state index contributed by atoms with van der Waals surface area (Å²) in [5.74, 6) is -1.02. The van der Waals surface area contributed by atoms with E-state index < -0.39 is 11.9 Å². The van der Waals surface area contributed by atoms with Gasteiger partial charge in [0.1, 0.15) is 6.10 Å². The third-order valence-corrected chi connectivity index (χ3v) is 2.86. The van der Waals surface area contributed by atoms with Gasteiger partial charge in [-0.3, -0.25) is 0 Å². The minimum Gasteiger partial charge on any atom is -0.463 e. The first kappa shape index (κ1) is 17.7. The van der Waals surface area contributed by atoms with Crippen LogP contribution in [0.1, 0.15) is 53.9 Å². The lowest BCUT2D eigenvalue weighted by molar-refractivity contribution is -0.147. The van der Waals surface area contributed by atoms with Gasteiger partial charge in [0.2, 0.25) is 0 Å². The zero-order valence-electron chi connectivity index (χ0n) is 12.7. The van der Waals surface area contributed by atoms with Crippen LogP contribution in [0.5, 0.6) is 0 Å². The molecule has 0 amide bonds. The molecule has 4 nitrogen and oxygen atoms in total. The molecule has 0 heterocycles. The molecule has 1 atom stereocenters. The number of ether oxygens (including phenoxy) is 2. The van der Waals surface area contributed by atoms with Crippen molar-refractivity contribution in [1.82, 2.24) is 0 Å². The number of carbonyl (C=O) groups is 2. The van der Waals surface area contributed by atoms with Crippen molar-refractivity contribution in [3.05, 3.63) is 12.2 Å². The van der Waals surface area contributed by atoms with E-state index in [1.165, 1.54) is 0 Å². The molecule has 0 aromatic carbocycles. The second-order valence-corrected chi connectivity index (χ2v) is 5.65. The minimum atomic E-state index is -0.520. The van der Waals surface area contributed by atoms with Gasteiger partial charge in [0.25, 0.3) is 0 Å². The van der Waals surface area contributed by atoms with E-state index in [1.807, 2.05) is 27.7 Å². The quantitative estimate of drug-likeness (QED) is 0.405. The van der Waals surface area contributed by atoms with Crippen molar-refractivity contribution < 1.29 is 19.1 Å². The molecule has 0 N–H and O–H groups in total. The summed E-state index contributed by atoms with van der Waals surface area (Å²) in [6.07, 6.45) is 4.97. The lowest BCUT2D eigenvalue weighted by atomic mass is 9.90. The highest BCUT2D eigenvalue weighted by molar-refractivity contribution is 5.91. The molecule has 0 aromatic heterocycles. The van der Waals surface area contributed by atoms with Crippen molar-refractivity contribution in [3.63, 3.8) is 0 Å². The second kappa shape index (κ2) is 8.73. The van der Waals surface area contributed by atoms with E-state index in [0.29, 0.717) is 6.61 Å². The van der Waals surface area contributed by atoms with Crippen molar-refractivity contribution in [1.29, 1.82) is 0 Å². The van der Waals surface area contributed by atoms with E-state index in [1.54, 1.807) is 0 Å². The summed E-state index contributed by atoms with van der Waals surface area (Å²) in [5.41, 5.74) is -0.121. The molecule has 0 aromatic rings. The van der Waals surface area contributed by atoms with Gasteiger partial charge in [-0.1, -0.05) is 40.5 Å². The van der Waals surface area contributed by atoms with Crippen molar-refractivity contribution in [2.45, 2.75) is 60.0 Å². The monoisotopic (exact) mass is 270 g/mol. The standard InChI is InChI=1S/C15H26O4/c1-6-7-8-11-18-13(16)9-10-14(17)19-12(2)15(3,4)5/h9-10,12H,6-8,11H2,1-5H3/b10-9+. The maximum absolute atomic E-state index is 11.5. The van der Waals surface area contributed by atoms with Gasteiger partial charge in [-0.05, 0) is 18.8 Å². The van der Waals surface area contributed by atoms with Gasteiger partial charge in [0.15, 0.2) is 0 Å². The Hall–Kier alpha value is -1.32. The molecule has 0 spiro atoms. The first-order chi connectivity index (χ1) is 8.77. The Morgan fingerprint density at radius 2 is 1.68 bits per heavy atom. The van der Waals surface area contributed by atoms with Crippen LogP contribution in [0.3, 0.4) is 0 Å². The summed E-state index contributed by atoms with van der Waals surface area (Å²) in [7, 11) is 0. The number of hydrogen-bond acceptors (Lipinski definition) is 4. The van der Waals surface area contributed by atoms with Crippen LogP contribution in [-0.2, 0) is 19.1 Å². The molecule has 4 heteroatoms. The van der Waals surface area contributed by atoms with Crippen molar-refractivity contribution >= 4 is 11.9 Å². The van der Waals surface area contributed by atoms with Crippen LogP contribution < -0.4 is 0 Å². The highest BCUT2D eigenvalue weighted by Crippen LogP contribution is 2.21. The molecule has 19 heavy (non-hydrogen) atoms. The highest BCUT2D eigenvalue weighted by Gasteiger charge is 2.22. The second-order valence-electron chi connectivity index (χ2n) is 5.65. The molecule has 0 saturated heterocycles. The van der Waals surface area contributed by atoms with Crippen LogP contribution in [-0.4, -0.2) is 24.6 Å². The zero-order valence-corrected chi connectivity index (χ0v) is 12.7. The van der Waals surface area contributed by atoms with Crippen LogP contribution in [0.2, 0.25) is 0 Å². The van der Waals surface area contributed by atoms with Crippen molar-refractivity contribution in [2.24, 2.45) is 5.41 Å². The largest absolute Gasteiger partial charge is 0.463 e. The minimum absolute atomic E-state index is 0.121. The molecule has 0 aliphatic heterocycles. The topological polar surface area (TPSA) is 52.6 Å². The third kappa shape index (κ3) is 9.28. The predicted octanol–water partition coefficient (Wildman–Crippen LogP) is 3.25. The van der Waals surface area contributed by atoms with Gasteiger partial charge in [-0.15, -0.1) is 0 Å². The summed E-state index contributed by atoms with van der Waals surface area (Å²) in [5, 5.41) is 0. The Labute approximate surface area is 116 Å². The fourth-order valence-electron chi connectivity index (χ4n) is 1.10. The molecule has 1 unspecified atom stereocenters. The number of hydrogen-bond donors (Lipinski definition) is 0. The maximum atomic E-state index is 11.5. The maximum Gasteiger partial charge on any atom is 0.331 e. The molecule has 0 rings (SSSR count). The predicted molar refractivity (Wildman–Crippen MR) is 74.6 cm³/mol. The highest BCUT2D eigenvalue weighted by atomic mass is 16.5. The molecule has 0 aliphatic rings. The van der Waals surface area contributed by atoms with Crippen LogP contribution in [0, 0.1) is 5.41 Å². The molecule has 0 fully saturated rings. The first-order valence-electron chi connectivity index (χ1n) is 6.82. The van der Waals surface area contributed by atoms with Crippen molar-refractivity contribution in [2.75, 3.05) is 6.61 Å². The summed E-state index contributed by atoms with van der Waals surface area (Å²) in [6.45, 7) is 10.2. The van der Waals surface area contributed by atoms with E-state index >= 15 is 0 Å².